The summed E-state index contributed by atoms with van der Waals surface area (Å²) in [6.07, 6.45) is 3.76. The van der Waals surface area contributed by atoms with Crippen molar-refractivity contribution < 1.29 is 9.53 Å². The molecule has 2 aromatic carbocycles. The summed E-state index contributed by atoms with van der Waals surface area (Å²) in [5, 5.41) is 7.35. The number of anilines is 1. The molecule has 0 radical (unpaired) electrons. The summed E-state index contributed by atoms with van der Waals surface area (Å²) in [5.74, 6) is 0.897. The van der Waals surface area contributed by atoms with E-state index in [2.05, 4.69) is 22.8 Å². The Bertz CT molecular complexity index is 844. The van der Waals surface area contributed by atoms with Gasteiger partial charge in [-0.15, -0.1) is 0 Å². The molecule has 2 aliphatic rings. The first-order valence-electron chi connectivity index (χ1n) is 9.68. The summed E-state index contributed by atoms with van der Waals surface area (Å²) in [4.78, 5) is 12.7. The maximum atomic E-state index is 12.7. The molecule has 1 spiro atoms. The van der Waals surface area contributed by atoms with E-state index in [1.54, 1.807) is 0 Å². The van der Waals surface area contributed by atoms with Crippen LogP contribution in [-0.4, -0.2) is 18.6 Å². The van der Waals surface area contributed by atoms with Crippen molar-refractivity contribution in [1.82, 2.24) is 5.32 Å². The minimum Gasteiger partial charge on any atom is -0.492 e. The van der Waals surface area contributed by atoms with Gasteiger partial charge < -0.3 is 15.4 Å². The van der Waals surface area contributed by atoms with E-state index in [1.165, 1.54) is 5.56 Å². The zero-order chi connectivity index (χ0) is 18.9. The largest absolute Gasteiger partial charge is 0.492 e. The maximum absolute atomic E-state index is 12.7. The lowest BCUT2D eigenvalue weighted by Crippen LogP contribution is -2.43. The van der Waals surface area contributed by atoms with Crippen LogP contribution in [0.1, 0.15) is 43.7 Å². The minimum absolute atomic E-state index is 0.167. The Morgan fingerprint density at radius 2 is 2.00 bits per heavy atom. The van der Waals surface area contributed by atoms with E-state index in [-0.39, 0.29) is 11.3 Å². The summed E-state index contributed by atoms with van der Waals surface area (Å²) in [6, 6.07) is 14.5. The van der Waals surface area contributed by atoms with Gasteiger partial charge in [0.25, 0.3) is 0 Å². The lowest BCUT2D eigenvalue weighted by atomic mass is 9.69. The van der Waals surface area contributed by atoms with Crippen molar-refractivity contribution >= 4 is 23.2 Å². The highest BCUT2D eigenvalue weighted by atomic mass is 35.5. The molecule has 4 rings (SSSR count). The highest BCUT2D eigenvalue weighted by Crippen LogP contribution is 2.47. The second-order valence-electron chi connectivity index (χ2n) is 7.43. The number of hydrogen-bond donors (Lipinski definition) is 2. The number of amides is 1. The van der Waals surface area contributed by atoms with Gasteiger partial charge in [-0.2, -0.15) is 0 Å². The highest BCUT2D eigenvalue weighted by molar-refractivity contribution is 6.32. The van der Waals surface area contributed by atoms with Gasteiger partial charge in [0, 0.05) is 18.3 Å². The maximum Gasteiger partial charge on any atom is 0.235 e. The van der Waals surface area contributed by atoms with Crippen LogP contribution in [0.5, 0.6) is 5.75 Å². The number of fused-ring (bicyclic) bond motifs is 2. The fraction of sp³-hybridized carbons (Fsp3) is 0.409. The molecule has 4 nitrogen and oxygen atoms in total. The second kappa shape index (κ2) is 7.53. The quantitative estimate of drug-likeness (QED) is 0.788. The first kappa shape index (κ1) is 18.3. The second-order valence-corrected chi connectivity index (χ2v) is 7.84. The zero-order valence-corrected chi connectivity index (χ0v) is 16.3. The van der Waals surface area contributed by atoms with E-state index in [4.69, 9.17) is 16.3 Å². The summed E-state index contributed by atoms with van der Waals surface area (Å²) < 4.78 is 5.49. The van der Waals surface area contributed by atoms with Crippen LogP contribution in [0.4, 0.5) is 5.69 Å². The molecule has 2 N–H and O–H groups in total. The van der Waals surface area contributed by atoms with Crippen molar-refractivity contribution in [3.63, 3.8) is 0 Å². The summed E-state index contributed by atoms with van der Waals surface area (Å²) in [5.41, 5.74) is 2.97. The molecule has 2 aromatic rings. The van der Waals surface area contributed by atoms with Crippen LogP contribution in [0.3, 0.4) is 0 Å². The molecule has 5 heteroatoms. The minimum atomic E-state index is -0.336. The Balaban J connectivity index is 1.37. The van der Waals surface area contributed by atoms with Crippen LogP contribution < -0.4 is 15.4 Å². The van der Waals surface area contributed by atoms with Gasteiger partial charge in [-0.3, -0.25) is 4.79 Å². The Morgan fingerprint density at radius 1 is 1.22 bits per heavy atom. The Hall–Kier alpha value is -2.04. The van der Waals surface area contributed by atoms with Crippen molar-refractivity contribution in [2.45, 2.75) is 50.6 Å². The highest BCUT2D eigenvalue weighted by Gasteiger charge is 2.48. The molecule has 1 saturated carbocycles. The first-order chi connectivity index (χ1) is 13.1. The van der Waals surface area contributed by atoms with Gasteiger partial charge in [0.15, 0.2) is 0 Å². The van der Waals surface area contributed by atoms with Crippen LogP contribution in [-0.2, 0) is 16.8 Å². The third-order valence-electron chi connectivity index (χ3n) is 5.86. The normalized spacial score (nSPS) is 23.9. The van der Waals surface area contributed by atoms with Crippen LogP contribution in [0.25, 0.3) is 0 Å². The standard InChI is InChI=1S/C22H25ClN2O2/c1-2-27-20-8-7-15(13-18(20)23)14-24-16-9-11-22(12-10-16)17-5-3-4-6-19(17)25-21(22)26/h3-8,13,16,24H,2,9-12,14H2,1H3,(H,25,26). The van der Waals surface area contributed by atoms with Gasteiger partial charge in [0.05, 0.1) is 17.0 Å². The fourth-order valence-corrected chi connectivity index (χ4v) is 4.63. The number of rotatable bonds is 5. The van der Waals surface area contributed by atoms with Gasteiger partial charge in [-0.25, -0.2) is 0 Å². The smallest absolute Gasteiger partial charge is 0.235 e. The summed E-state index contributed by atoms with van der Waals surface area (Å²) in [7, 11) is 0. The number of carbonyl (C=O) groups excluding carboxylic acids is 1. The van der Waals surface area contributed by atoms with Crippen LogP contribution in [0.2, 0.25) is 5.02 Å². The molecule has 1 heterocycles. The SMILES string of the molecule is CCOc1ccc(CNC2CCC3(CC2)C(=O)Nc2ccccc23)cc1Cl. The van der Waals surface area contributed by atoms with Crippen molar-refractivity contribution in [3.05, 3.63) is 58.6 Å². The van der Waals surface area contributed by atoms with E-state index < -0.39 is 0 Å². The van der Waals surface area contributed by atoms with E-state index in [0.717, 1.165) is 49.2 Å². The van der Waals surface area contributed by atoms with Gasteiger partial charge in [-0.05, 0) is 61.9 Å². The van der Waals surface area contributed by atoms with Gasteiger partial charge in [0.2, 0.25) is 5.91 Å². The third kappa shape index (κ3) is 3.44. The van der Waals surface area contributed by atoms with Crippen molar-refractivity contribution in [1.29, 1.82) is 0 Å². The Labute approximate surface area is 165 Å². The molecule has 1 amide bonds. The number of carbonyl (C=O) groups is 1. The molecular weight excluding hydrogens is 360 g/mol. The molecule has 27 heavy (non-hydrogen) atoms. The molecule has 0 unspecified atom stereocenters. The average Bonchev–Trinajstić information content (AvgIpc) is 2.95. The molecule has 1 aliphatic heterocycles. The predicted molar refractivity (Wildman–Crippen MR) is 108 cm³/mol. The molecule has 0 bridgehead atoms. The van der Waals surface area contributed by atoms with Gasteiger partial charge >= 0.3 is 0 Å². The topological polar surface area (TPSA) is 50.4 Å². The lowest BCUT2D eigenvalue weighted by Gasteiger charge is -2.36. The van der Waals surface area contributed by atoms with Crippen molar-refractivity contribution in [2.75, 3.05) is 11.9 Å². The van der Waals surface area contributed by atoms with E-state index in [0.29, 0.717) is 17.7 Å². The van der Waals surface area contributed by atoms with Gasteiger partial charge in [-0.1, -0.05) is 35.9 Å². The number of benzene rings is 2. The monoisotopic (exact) mass is 384 g/mol. The Morgan fingerprint density at radius 3 is 2.74 bits per heavy atom. The molecular formula is C22H25ClN2O2. The Kier molecular flexibility index (Phi) is 5.11. The molecule has 0 saturated heterocycles. The molecule has 1 fully saturated rings. The number of para-hydroxylation sites is 1. The number of halogens is 1. The van der Waals surface area contributed by atoms with Crippen LogP contribution >= 0.6 is 11.6 Å². The molecule has 0 atom stereocenters. The van der Waals surface area contributed by atoms with Gasteiger partial charge in [0.1, 0.15) is 5.75 Å². The zero-order valence-electron chi connectivity index (χ0n) is 15.6. The van der Waals surface area contributed by atoms with Crippen LogP contribution in [0, 0.1) is 0 Å². The summed E-state index contributed by atoms with van der Waals surface area (Å²) >= 11 is 6.28. The number of hydrogen-bond acceptors (Lipinski definition) is 3. The predicted octanol–water partition coefficient (Wildman–Crippen LogP) is 4.66. The van der Waals surface area contributed by atoms with Crippen LogP contribution in [0.15, 0.2) is 42.5 Å². The number of ether oxygens (including phenoxy) is 1. The molecule has 142 valence electrons. The lowest BCUT2D eigenvalue weighted by molar-refractivity contribution is -0.122. The van der Waals surface area contributed by atoms with E-state index >= 15 is 0 Å². The fourth-order valence-electron chi connectivity index (χ4n) is 4.37. The molecule has 1 aliphatic carbocycles. The summed E-state index contributed by atoms with van der Waals surface area (Å²) in [6.45, 7) is 3.33. The van der Waals surface area contributed by atoms with Crippen molar-refractivity contribution in [3.8, 4) is 5.75 Å². The number of nitrogens with one attached hydrogen (secondary N) is 2. The first-order valence-corrected chi connectivity index (χ1v) is 10.1. The third-order valence-corrected chi connectivity index (χ3v) is 6.15. The molecule has 0 aromatic heterocycles. The average molecular weight is 385 g/mol. The van der Waals surface area contributed by atoms with Crippen molar-refractivity contribution in [2.24, 2.45) is 0 Å². The van der Waals surface area contributed by atoms with E-state index in [1.807, 2.05) is 37.3 Å². The van der Waals surface area contributed by atoms with E-state index in [9.17, 15) is 4.79 Å².